The predicted octanol–water partition coefficient (Wildman–Crippen LogP) is 0.870. The summed E-state index contributed by atoms with van der Waals surface area (Å²) in [7, 11) is 1.26. The number of amides is 1. The first-order valence-corrected chi connectivity index (χ1v) is 6.02. The highest BCUT2D eigenvalue weighted by atomic mass is 32.1. The van der Waals surface area contributed by atoms with Crippen LogP contribution in [-0.2, 0) is 4.74 Å². The lowest BCUT2D eigenvalue weighted by atomic mass is 10.3. The molecule has 0 radical (unpaired) electrons. The van der Waals surface area contributed by atoms with Crippen molar-refractivity contribution < 1.29 is 14.3 Å². The number of hydrogen-bond donors (Lipinski definition) is 2. The zero-order valence-corrected chi connectivity index (χ0v) is 10.6. The highest BCUT2D eigenvalue weighted by molar-refractivity contribution is 7.12. The van der Waals surface area contributed by atoms with Gasteiger partial charge in [0.25, 0.3) is 11.5 Å². The molecule has 0 aliphatic carbocycles. The van der Waals surface area contributed by atoms with Crippen molar-refractivity contribution in [3.63, 3.8) is 0 Å². The SMILES string of the molecule is COC(=O)c1sccc1NC(=O)c1ccc(=O)[nH]n1. The summed E-state index contributed by atoms with van der Waals surface area (Å²) < 4.78 is 4.60. The summed E-state index contributed by atoms with van der Waals surface area (Å²) in [6.07, 6.45) is 0. The number of carbonyl (C=O) groups is 2. The third-order valence-electron chi connectivity index (χ3n) is 2.20. The fourth-order valence-electron chi connectivity index (χ4n) is 1.32. The highest BCUT2D eigenvalue weighted by Crippen LogP contribution is 2.23. The number of aromatic amines is 1. The van der Waals surface area contributed by atoms with Crippen LogP contribution >= 0.6 is 11.3 Å². The van der Waals surface area contributed by atoms with Gasteiger partial charge in [-0.15, -0.1) is 11.3 Å². The largest absolute Gasteiger partial charge is 0.465 e. The quantitative estimate of drug-likeness (QED) is 0.812. The third kappa shape index (κ3) is 2.86. The van der Waals surface area contributed by atoms with Crippen molar-refractivity contribution in [3.05, 3.63) is 44.5 Å². The minimum Gasteiger partial charge on any atom is -0.465 e. The zero-order chi connectivity index (χ0) is 13.8. The average molecular weight is 279 g/mol. The number of rotatable bonds is 3. The summed E-state index contributed by atoms with van der Waals surface area (Å²) in [6.45, 7) is 0. The molecule has 1 amide bonds. The number of carbonyl (C=O) groups excluding carboxylic acids is 2. The van der Waals surface area contributed by atoms with E-state index < -0.39 is 17.4 Å². The van der Waals surface area contributed by atoms with Crippen LogP contribution in [0.5, 0.6) is 0 Å². The molecule has 0 unspecified atom stereocenters. The van der Waals surface area contributed by atoms with Gasteiger partial charge >= 0.3 is 5.97 Å². The monoisotopic (exact) mass is 279 g/mol. The van der Waals surface area contributed by atoms with E-state index >= 15 is 0 Å². The summed E-state index contributed by atoms with van der Waals surface area (Å²) in [4.78, 5) is 34.4. The fraction of sp³-hybridized carbons (Fsp3) is 0.0909. The lowest BCUT2D eigenvalue weighted by Gasteiger charge is -2.04. The molecular formula is C11H9N3O4S. The van der Waals surface area contributed by atoms with Gasteiger partial charge in [-0.2, -0.15) is 5.10 Å². The molecule has 98 valence electrons. The molecule has 7 nitrogen and oxygen atoms in total. The molecule has 0 saturated heterocycles. The number of aromatic nitrogens is 2. The first-order valence-electron chi connectivity index (χ1n) is 5.14. The van der Waals surface area contributed by atoms with Crippen LogP contribution in [0, 0.1) is 0 Å². The summed E-state index contributed by atoms with van der Waals surface area (Å²) >= 11 is 1.15. The van der Waals surface area contributed by atoms with E-state index in [4.69, 9.17) is 0 Å². The predicted molar refractivity (Wildman–Crippen MR) is 68.5 cm³/mol. The van der Waals surface area contributed by atoms with E-state index in [0.717, 1.165) is 11.3 Å². The van der Waals surface area contributed by atoms with Gasteiger partial charge in [0.2, 0.25) is 0 Å². The number of thiophene rings is 1. The van der Waals surface area contributed by atoms with Crippen molar-refractivity contribution in [1.82, 2.24) is 10.2 Å². The van der Waals surface area contributed by atoms with E-state index in [0.29, 0.717) is 10.6 Å². The van der Waals surface area contributed by atoms with Crippen LogP contribution in [0.3, 0.4) is 0 Å². The van der Waals surface area contributed by atoms with E-state index in [1.807, 2.05) is 0 Å². The van der Waals surface area contributed by atoms with Gasteiger partial charge in [-0.25, -0.2) is 9.89 Å². The van der Waals surface area contributed by atoms with Crippen molar-refractivity contribution in [3.8, 4) is 0 Å². The molecular weight excluding hydrogens is 270 g/mol. The second-order valence-corrected chi connectivity index (χ2v) is 4.33. The summed E-state index contributed by atoms with van der Waals surface area (Å²) in [5.41, 5.74) is -0.0150. The number of nitrogens with one attached hydrogen (secondary N) is 2. The molecule has 0 aliphatic heterocycles. The first kappa shape index (κ1) is 13.0. The van der Waals surface area contributed by atoms with Crippen molar-refractivity contribution in [2.75, 3.05) is 12.4 Å². The zero-order valence-electron chi connectivity index (χ0n) is 9.80. The molecule has 19 heavy (non-hydrogen) atoms. The Morgan fingerprint density at radius 1 is 1.37 bits per heavy atom. The number of nitrogens with zero attached hydrogens (tertiary/aromatic N) is 1. The van der Waals surface area contributed by atoms with Crippen LogP contribution in [0.25, 0.3) is 0 Å². The molecule has 2 aromatic rings. The number of ether oxygens (including phenoxy) is 1. The van der Waals surface area contributed by atoms with Crippen LogP contribution < -0.4 is 10.9 Å². The van der Waals surface area contributed by atoms with Gasteiger partial charge in [-0.1, -0.05) is 0 Å². The molecule has 0 saturated carbocycles. The van der Waals surface area contributed by atoms with Gasteiger partial charge < -0.3 is 10.1 Å². The number of methoxy groups -OCH3 is 1. The smallest absolute Gasteiger partial charge is 0.350 e. The third-order valence-corrected chi connectivity index (χ3v) is 3.09. The normalized spacial score (nSPS) is 9.95. The van der Waals surface area contributed by atoms with Crippen LogP contribution in [-0.4, -0.2) is 29.2 Å². The maximum Gasteiger partial charge on any atom is 0.350 e. The Morgan fingerprint density at radius 2 is 2.16 bits per heavy atom. The van der Waals surface area contributed by atoms with Crippen LogP contribution in [0.15, 0.2) is 28.4 Å². The molecule has 0 aromatic carbocycles. The van der Waals surface area contributed by atoms with E-state index in [1.54, 1.807) is 11.4 Å². The number of anilines is 1. The molecule has 0 fully saturated rings. The second-order valence-electron chi connectivity index (χ2n) is 3.42. The topological polar surface area (TPSA) is 101 Å². The first-order chi connectivity index (χ1) is 9.11. The van der Waals surface area contributed by atoms with E-state index in [9.17, 15) is 14.4 Å². The highest BCUT2D eigenvalue weighted by Gasteiger charge is 2.16. The Morgan fingerprint density at radius 3 is 2.79 bits per heavy atom. The Kier molecular flexibility index (Phi) is 3.71. The molecule has 0 aliphatic rings. The fourth-order valence-corrected chi connectivity index (χ4v) is 2.08. The maximum atomic E-state index is 11.8. The molecule has 8 heteroatoms. The lowest BCUT2D eigenvalue weighted by Crippen LogP contribution is -2.18. The van der Waals surface area contributed by atoms with Crippen molar-refractivity contribution >= 4 is 28.9 Å². The molecule has 2 N–H and O–H groups in total. The Balaban J connectivity index is 2.20. The van der Waals surface area contributed by atoms with Gasteiger partial charge in [0, 0.05) is 6.07 Å². The van der Waals surface area contributed by atoms with Gasteiger partial charge in [-0.3, -0.25) is 9.59 Å². The molecule has 2 heterocycles. The Labute approximate surface area is 111 Å². The van der Waals surface area contributed by atoms with Gasteiger partial charge in [-0.05, 0) is 17.5 Å². The summed E-state index contributed by atoms with van der Waals surface area (Å²) in [5, 5.41) is 9.93. The lowest BCUT2D eigenvalue weighted by molar-refractivity contribution is 0.0607. The molecule has 0 spiro atoms. The summed E-state index contributed by atoms with van der Waals surface area (Å²) in [6, 6.07) is 4.07. The van der Waals surface area contributed by atoms with Gasteiger partial charge in [0.05, 0.1) is 12.8 Å². The van der Waals surface area contributed by atoms with Gasteiger partial charge in [0.1, 0.15) is 10.6 Å². The van der Waals surface area contributed by atoms with E-state index in [2.05, 4.69) is 20.3 Å². The minimum atomic E-state index is -0.528. The Bertz CT molecular complexity index is 656. The van der Waals surface area contributed by atoms with E-state index in [1.165, 1.54) is 19.2 Å². The number of esters is 1. The van der Waals surface area contributed by atoms with E-state index in [-0.39, 0.29) is 5.69 Å². The maximum absolute atomic E-state index is 11.8. The molecule has 0 atom stereocenters. The number of H-pyrrole nitrogens is 1. The van der Waals surface area contributed by atoms with Crippen LogP contribution in [0.4, 0.5) is 5.69 Å². The Hall–Kier alpha value is -2.48. The van der Waals surface area contributed by atoms with Crippen LogP contribution in [0.2, 0.25) is 0 Å². The number of hydrogen-bond acceptors (Lipinski definition) is 6. The van der Waals surface area contributed by atoms with Crippen molar-refractivity contribution in [2.24, 2.45) is 0 Å². The standard InChI is InChI=1S/C11H9N3O4S/c1-18-11(17)9-6(4-5-19-9)12-10(16)7-2-3-8(15)14-13-7/h2-5H,1H3,(H,12,16)(H,14,15). The molecule has 2 aromatic heterocycles. The van der Waals surface area contributed by atoms with Crippen LogP contribution in [0.1, 0.15) is 20.2 Å². The van der Waals surface area contributed by atoms with Crippen molar-refractivity contribution in [2.45, 2.75) is 0 Å². The minimum absolute atomic E-state index is 0.0432. The van der Waals surface area contributed by atoms with Gasteiger partial charge in [0.15, 0.2) is 0 Å². The molecule has 0 bridgehead atoms. The van der Waals surface area contributed by atoms with Crippen molar-refractivity contribution in [1.29, 1.82) is 0 Å². The molecule has 2 rings (SSSR count). The average Bonchev–Trinajstić information content (AvgIpc) is 2.86. The summed E-state index contributed by atoms with van der Waals surface area (Å²) in [5.74, 6) is -1.06. The second kappa shape index (κ2) is 5.44.